The van der Waals surface area contributed by atoms with Crippen molar-refractivity contribution in [1.82, 2.24) is 10.2 Å². The Kier molecular flexibility index (Phi) is 4.15. The van der Waals surface area contributed by atoms with Crippen LogP contribution < -0.4 is 5.32 Å². The second kappa shape index (κ2) is 5.62. The smallest absolute Gasteiger partial charge is 0.322 e. The van der Waals surface area contributed by atoms with Crippen LogP contribution in [0.4, 0.5) is 0 Å². The molecule has 2 N–H and O–H groups in total. The molecule has 4 nitrogen and oxygen atoms in total. The Hall–Kier alpha value is -0.910. The lowest BCUT2D eigenvalue weighted by Crippen LogP contribution is -2.55. The average Bonchev–Trinajstić information content (AvgIpc) is 2.84. The first-order chi connectivity index (χ1) is 8.24. The predicted octanol–water partition coefficient (Wildman–Crippen LogP) is 1.56. The van der Waals surface area contributed by atoms with E-state index in [-0.39, 0.29) is 6.04 Å². The molecule has 2 unspecified atom stereocenters. The maximum absolute atomic E-state index is 11.3. The van der Waals surface area contributed by atoms with Gasteiger partial charge in [0, 0.05) is 30.6 Å². The number of nitrogens with one attached hydrogen (secondary N) is 1. The topological polar surface area (TPSA) is 52.6 Å². The number of rotatable bonds is 4. The van der Waals surface area contributed by atoms with Gasteiger partial charge in [0.2, 0.25) is 0 Å². The van der Waals surface area contributed by atoms with Crippen LogP contribution in [0.15, 0.2) is 17.5 Å². The third-order valence-corrected chi connectivity index (χ3v) is 4.20. The van der Waals surface area contributed by atoms with Gasteiger partial charge in [0.15, 0.2) is 0 Å². The van der Waals surface area contributed by atoms with Crippen LogP contribution in [0.25, 0.3) is 0 Å². The van der Waals surface area contributed by atoms with Crippen molar-refractivity contribution in [2.45, 2.75) is 25.4 Å². The van der Waals surface area contributed by atoms with Crippen molar-refractivity contribution >= 4 is 17.3 Å². The molecule has 2 heterocycles. The van der Waals surface area contributed by atoms with E-state index < -0.39 is 12.0 Å². The molecule has 17 heavy (non-hydrogen) atoms. The second-order valence-corrected chi connectivity index (χ2v) is 5.21. The van der Waals surface area contributed by atoms with Gasteiger partial charge in [0.05, 0.1) is 0 Å². The fraction of sp³-hybridized carbons (Fsp3) is 0.583. The van der Waals surface area contributed by atoms with E-state index in [1.165, 1.54) is 4.88 Å². The monoisotopic (exact) mass is 254 g/mol. The Morgan fingerprint density at radius 2 is 2.59 bits per heavy atom. The van der Waals surface area contributed by atoms with Gasteiger partial charge in [-0.1, -0.05) is 13.0 Å². The molecule has 1 aromatic heterocycles. The molecule has 0 radical (unpaired) electrons. The highest BCUT2D eigenvalue weighted by Gasteiger charge is 2.33. The quantitative estimate of drug-likeness (QED) is 0.856. The standard InChI is InChI=1S/C12H18N2O2S/c1-2-9(11-4-3-7-17-11)14-6-5-13-8-10(14)12(15)16/h3-4,7,9-10,13H,2,5-6,8H2,1H3,(H,15,16). The van der Waals surface area contributed by atoms with Crippen molar-refractivity contribution in [2.24, 2.45) is 0 Å². The molecule has 0 saturated carbocycles. The lowest BCUT2D eigenvalue weighted by atomic mass is 10.1. The molecule has 1 fully saturated rings. The predicted molar refractivity (Wildman–Crippen MR) is 68.4 cm³/mol. The number of thiophene rings is 1. The zero-order valence-electron chi connectivity index (χ0n) is 9.93. The second-order valence-electron chi connectivity index (χ2n) is 4.24. The summed E-state index contributed by atoms with van der Waals surface area (Å²) in [5.74, 6) is -0.729. The van der Waals surface area contributed by atoms with Crippen molar-refractivity contribution in [3.63, 3.8) is 0 Å². The van der Waals surface area contributed by atoms with E-state index in [4.69, 9.17) is 0 Å². The van der Waals surface area contributed by atoms with Gasteiger partial charge in [-0.05, 0) is 17.9 Å². The molecular formula is C12H18N2O2S. The average molecular weight is 254 g/mol. The minimum absolute atomic E-state index is 0.234. The van der Waals surface area contributed by atoms with Crippen molar-refractivity contribution in [3.05, 3.63) is 22.4 Å². The number of carboxylic acids is 1. The summed E-state index contributed by atoms with van der Waals surface area (Å²) in [6, 6.07) is 3.95. The first-order valence-corrected chi connectivity index (χ1v) is 6.84. The molecule has 0 bridgehead atoms. The molecule has 0 spiro atoms. The number of hydrogen-bond acceptors (Lipinski definition) is 4. The summed E-state index contributed by atoms with van der Waals surface area (Å²) in [6.07, 6.45) is 0.949. The van der Waals surface area contributed by atoms with Crippen molar-refractivity contribution in [3.8, 4) is 0 Å². The van der Waals surface area contributed by atoms with E-state index in [0.717, 1.165) is 19.5 Å². The third kappa shape index (κ3) is 2.68. The number of carbonyl (C=O) groups is 1. The van der Waals surface area contributed by atoms with Crippen LogP contribution in [0, 0.1) is 0 Å². The van der Waals surface area contributed by atoms with Crippen LogP contribution in [0.1, 0.15) is 24.3 Å². The normalized spacial score (nSPS) is 23.5. The molecule has 0 aromatic carbocycles. The maximum atomic E-state index is 11.3. The lowest BCUT2D eigenvalue weighted by Gasteiger charge is -2.38. The first-order valence-electron chi connectivity index (χ1n) is 5.96. The SMILES string of the molecule is CCC(c1cccs1)N1CCNCC1C(=O)O. The summed E-state index contributed by atoms with van der Waals surface area (Å²) in [4.78, 5) is 14.7. The Morgan fingerprint density at radius 3 is 3.18 bits per heavy atom. The lowest BCUT2D eigenvalue weighted by molar-refractivity contribution is -0.145. The van der Waals surface area contributed by atoms with Crippen LogP contribution in [0.2, 0.25) is 0 Å². The molecule has 5 heteroatoms. The van der Waals surface area contributed by atoms with Gasteiger partial charge in [0.25, 0.3) is 0 Å². The molecule has 2 rings (SSSR count). The van der Waals surface area contributed by atoms with Crippen LogP contribution in [0.5, 0.6) is 0 Å². The molecule has 1 aliphatic rings. The number of aliphatic carboxylic acids is 1. The highest BCUT2D eigenvalue weighted by Crippen LogP contribution is 2.30. The van der Waals surface area contributed by atoms with E-state index in [9.17, 15) is 9.90 Å². The van der Waals surface area contributed by atoms with E-state index in [2.05, 4.69) is 28.6 Å². The van der Waals surface area contributed by atoms with Gasteiger partial charge in [-0.3, -0.25) is 9.69 Å². The van der Waals surface area contributed by atoms with Gasteiger partial charge < -0.3 is 10.4 Å². The summed E-state index contributed by atoms with van der Waals surface area (Å²) in [7, 11) is 0. The van der Waals surface area contributed by atoms with Gasteiger partial charge in [0.1, 0.15) is 6.04 Å². The van der Waals surface area contributed by atoms with Gasteiger partial charge in [-0.25, -0.2) is 0 Å². The van der Waals surface area contributed by atoms with Gasteiger partial charge in [-0.2, -0.15) is 0 Å². The zero-order chi connectivity index (χ0) is 12.3. The first kappa shape index (κ1) is 12.5. The summed E-state index contributed by atoms with van der Waals surface area (Å²) < 4.78 is 0. The Labute approximate surface area is 105 Å². The number of nitrogens with zero attached hydrogens (tertiary/aromatic N) is 1. The van der Waals surface area contributed by atoms with Crippen molar-refractivity contribution in [1.29, 1.82) is 0 Å². The highest BCUT2D eigenvalue weighted by molar-refractivity contribution is 7.10. The number of piperazine rings is 1. The third-order valence-electron chi connectivity index (χ3n) is 3.23. The fourth-order valence-electron chi connectivity index (χ4n) is 2.40. The molecule has 0 aliphatic carbocycles. The molecule has 94 valence electrons. The van der Waals surface area contributed by atoms with Crippen LogP contribution >= 0.6 is 11.3 Å². The molecule has 1 aromatic rings. The summed E-state index contributed by atoms with van der Waals surface area (Å²) in [6.45, 7) is 4.32. The zero-order valence-corrected chi connectivity index (χ0v) is 10.7. The summed E-state index contributed by atoms with van der Waals surface area (Å²) in [5, 5.41) is 14.5. The van der Waals surface area contributed by atoms with Gasteiger partial charge >= 0.3 is 5.97 Å². The highest BCUT2D eigenvalue weighted by atomic mass is 32.1. The van der Waals surface area contributed by atoms with E-state index in [1.54, 1.807) is 11.3 Å². The molecule has 1 aliphatic heterocycles. The van der Waals surface area contributed by atoms with Crippen LogP contribution in [0.3, 0.4) is 0 Å². The largest absolute Gasteiger partial charge is 0.480 e. The maximum Gasteiger partial charge on any atom is 0.322 e. The van der Waals surface area contributed by atoms with E-state index in [1.807, 2.05) is 6.07 Å². The minimum atomic E-state index is -0.729. The van der Waals surface area contributed by atoms with E-state index in [0.29, 0.717) is 6.54 Å². The molecule has 0 amide bonds. The fourth-order valence-corrected chi connectivity index (χ4v) is 3.33. The van der Waals surface area contributed by atoms with Crippen LogP contribution in [-0.4, -0.2) is 41.7 Å². The Morgan fingerprint density at radius 1 is 1.76 bits per heavy atom. The number of hydrogen-bond donors (Lipinski definition) is 2. The van der Waals surface area contributed by atoms with Crippen molar-refractivity contribution in [2.75, 3.05) is 19.6 Å². The summed E-state index contributed by atoms with van der Waals surface area (Å²) in [5.41, 5.74) is 0. The summed E-state index contributed by atoms with van der Waals surface area (Å²) >= 11 is 1.71. The van der Waals surface area contributed by atoms with E-state index >= 15 is 0 Å². The molecule has 2 atom stereocenters. The Balaban J connectivity index is 2.19. The minimum Gasteiger partial charge on any atom is -0.480 e. The Bertz CT molecular complexity index is 367. The molecular weight excluding hydrogens is 236 g/mol. The van der Waals surface area contributed by atoms with Crippen LogP contribution in [-0.2, 0) is 4.79 Å². The number of carboxylic acid groups (broad SMARTS) is 1. The van der Waals surface area contributed by atoms with Gasteiger partial charge in [-0.15, -0.1) is 11.3 Å². The van der Waals surface area contributed by atoms with Crippen molar-refractivity contribution < 1.29 is 9.90 Å². The molecule has 1 saturated heterocycles.